The zero-order valence-corrected chi connectivity index (χ0v) is 19.4. The van der Waals surface area contributed by atoms with Gasteiger partial charge in [-0.3, -0.25) is 9.59 Å². The van der Waals surface area contributed by atoms with E-state index in [1.165, 1.54) is 16.4 Å². The molecule has 4 rings (SSSR count). The number of rotatable bonds is 6. The van der Waals surface area contributed by atoms with Gasteiger partial charge in [0.25, 0.3) is 5.91 Å². The Morgan fingerprint density at radius 1 is 1.12 bits per heavy atom. The first kappa shape index (κ1) is 23.1. The number of sulfonamides is 1. The third kappa shape index (κ3) is 4.96. The van der Waals surface area contributed by atoms with Gasteiger partial charge in [0.1, 0.15) is 11.5 Å². The predicted octanol–water partition coefficient (Wildman–Crippen LogP) is 1.88. The molecule has 1 N–H and O–H groups in total. The van der Waals surface area contributed by atoms with Gasteiger partial charge in [-0.2, -0.15) is 4.31 Å². The number of ether oxygens (including phenoxy) is 2. The van der Waals surface area contributed by atoms with Crippen LogP contribution < -0.4 is 14.8 Å². The van der Waals surface area contributed by atoms with Crippen LogP contribution in [0.2, 0.25) is 0 Å². The maximum atomic E-state index is 13.1. The van der Waals surface area contributed by atoms with Crippen molar-refractivity contribution in [3.63, 3.8) is 0 Å². The molecule has 2 aromatic rings. The number of nitrogens with zero attached hydrogens (tertiary/aromatic N) is 2. The van der Waals surface area contributed by atoms with Crippen molar-refractivity contribution in [1.82, 2.24) is 9.21 Å². The predicted molar refractivity (Wildman–Crippen MR) is 122 cm³/mol. The quantitative estimate of drug-likeness (QED) is 0.687. The summed E-state index contributed by atoms with van der Waals surface area (Å²) in [6.07, 6.45) is 0.348. The van der Waals surface area contributed by atoms with Crippen LogP contribution in [0.5, 0.6) is 11.5 Å². The van der Waals surface area contributed by atoms with Crippen molar-refractivity contribution in [2.45, 2.75) is 30.8 Å². The number of fused-ring (bicyclic) bond motifs is 1. The highest BCUT2D eigenvalue weighted by Crippen LogP contribution is 2.33. The lowest BCUT2D eigenvalue weighted by Crippen LogP contribution is -2.50. The molecule has 1 atom stereocenters. The van der Waals surface area contributed by atoms with Crippen LogP contribution in [0.4, 0.5) is 5.69 Å². The highest BCUT2D eigenvalue weighted by Gasteiger charge is 2.32. The van der Waals surface area contributed by atoms with E-state index in [1.54, 1.807) is 25.0 Å². The first-order valence-electron chi connectivity index (χ1n) is 10.8. The second kappa shape index (κ2) is 9.40. The summed E-state index contributed by atoms with van der Waals surface area (Å²) < 4.78 is 38.2. The smallest absolute Gasteiger partial charge is 0.265 e. The summed E-state index contributed by atoms with van der Waals surface area (Å²) in [6, 6.07) is 12.0. The van der Waals surface area contributed by atoms with E-state index in [0.717, 1.165) is 11.3 Å². The summed E-state index contributed by atoms with van der Waals surface area (Å²) in [6.45, 7) is 2.73. The molecular formula is C23H27N3O6S. The molecule has 2 aliphatic heterocycles. The van der Waals surface area contributed by atoms with Gasteiger partial charge in [-0.1, -0.05) is 12.1 Å². The molecule has 0 aromatic heterocycles. The Labute approximate surface area is 193 Å². The Morgan fingerprint density at radius 3 is 2.48 bits per heavy atom. The summed E-state index contributed by atoms with van der Waals surface area (Å²) in [7, 11) is -2.15. The number of amides is 2. The number of carbonyl (C=O) groups is 2. The molecule has 33 heavy (non-hydrogen) atoms. The molecule has 2 amide bonds. The minimum absolute atomic E-state index is 0.00521. The SMILES string of the molecule is COc1ccc(CCC(=O)N2CCN(S(=O)(=O)c3ccc4c(c3)NC(=O)[C@@H](C)O4)CC2)cc1. The van der Waals surface area contributed by atoms with Gasteiger partial charge in [0.05, 0.1) is 17.7 Å². The van der Waals surface area contributed by atoms with Crippen LogP contribution in [0, 0.1) is 0 Å². The van der Waals surface area contributed by atoms with Crippen LogP contribution in [-0.2, 0) is 26.0 Å². The maximum Gasteiger partial charge on any atom is 0.265 e. The molecule has 2 aliphatic rings. The Balaban J connectivity index is 1.34. The minimum Gasteiger partial charge on any atom is -0.497 e. The summed E-state index contributed by atoms with van der Waals surface area (Å²) >= 11 is 0. The monoisotopic (exact) mass is 473 g/mol. The molecule has 176 valence electrons. The van der Waals surface area contributed by atoms with Crippen LogP contribution in [0.25, 0.3) is 0 Å². The van der Waals surface area contributed by atoms with Crippen LogP contribution in [-0.4, -0.2) is 68.8 Å². The van der Waals surface area contributed by atoms with Gasteiger partial charge in [-0.15, -0.1) is 0 Å². The Morgan fingerprint density at radius 2 is 1.82 bits per heavy atom. The highest BCUT2D eigenvalue weighted by molar-refractivity contribution is 7.89. The molecule has 10 heteroatoms. The van der Waals surface area contributed by atoms with Gasteiger partial charge in [0, 0.05) is 32.6 Å². The fraction of sp³-hybridized carbons (Fsp3) is 0.391. The number of methoxy groups -OCH3 is 1. The molecule has 2 heterocycles. The number of hydrogen-bond donors (Lipinski definition) is 1. The Kier molecular flexibility index (Phi) is 6.57. The normalized spacial score (nSPS) is 18.8. The number of benzene rings is 2. The molecule has 1 fully saturated rings. The minimum atomic E-state index is -3.76. The largest absolute Gasteiger partial charge is 0.497 e. The fourth-order valence-corrected chi connectivity index (χ4v) is 5.33. The number of hydrogen-bond acceptors (Lipinski definition) is 6. The first-order chi connectivity index (χ1) is 15.8. The summed E-state index contributed by atoms with van der Waals surface area (Å²) in [4.78, 5) is 26.3. The van der Waals surface area contributed by atoms with Crippen molar-refractivity contribution in [3.05, 3.63) is 48.0 Å². The molecule has 0 saturated carbocycles. The van der Waals surface area contributed by atoms with Crippen molar-refractivity contribution in [1.29, 1.82) is 0 Å². The number of carbonyl (C=O) groups excluding carboxylic acids is 2. The van der Waals surface area contributed by atoms with Crippen LogP contribution in [0.1, 0.15) is 18.9 Å². The average molecular weight is 474 g/mol. The lowest BCUT2D eigenvalue weighted by molar-refractivity contribution is -0.132. The van der Waals surface area contributed by atoms with Crippen LogP contribution >= 0.6 is 0 Å². The average Bonchev–Trinajstić information content (AvgIpc) is 2.83. The van der Waals surface area contributed by atoms with Crippen molar-refractivity contribution in [2.75, 3.05) is 38.6 Å². The first-order valence-corrected chi connectivity index (χ1v) is 12.2. The van der Waals surface area contributed by atoms with Crippen molar-refractivity contribution in [3.8, 4) is 11.5 Å². The van der Waals surface area contributed by atoms with E-state index in [0.29, 0.717) is 37.4 Å². The molecule has 2 aromatic carbocycles. The van der Waals surface area contributed by atoms with E-state index in [2.05, 4.69) is 5.32 Å². The van der Waals surface area contributed by atoms with Gasteiger partial charge >= 0.3 is 0 Å². The lowest BCUT2D eigenvalue weighted by Gasteiger charge is -2.34. The van der Waals surface area contributed by atoms with E-state index in [9.17, 15) is 18.0 Å². The Bertz CT molecular complexity index is 1140. The van der Waals surface area contributed by atoms with Crippen molar-refractivity contribution in [2.24, 2.45) is 0 Å². The Hall–Kier alpha value is -3.11. The molecule has 0 radical (unpaired) electrons. The number of aryl methyl sites for hydroxylation is 1. The molecule has 0 unspecified atom stereocenters. The standard InChI is InChI=1S/C23H27N3O6S/c1-16-23(28)24-20-15-19(8-9-21(20)32-16)33(29,30)26-13-11-25(12-14-26)22(27)10-5-17-3-6-18(31-2)7-4-17/h3-4,6-9,15-16H,5,10-14H2,1-2H3,(H,24,28)/t16-/m1/s1. The number of nitrogens with one attached hydrogen (secondary N) is 1. The zero-order valence-electron chi connectivity index (χ0n) is 18.6. The third-order valence-electron chi connectivity index (χ3n) is 5.90. The van der Waals surface area contributed by atoms with Crippen molar-refractivity contribution < 1.29 is 27.5 Å². The van der Waals surface area contributed by atoms with Gasteiger partial charge in [0.2, 0.25) is 15.9 Å². The maximum absolute atomic E-state index is 13.1. The van der Waals surface area contributed by atoms with E-state index < -0.39 is 16.1 Å². The fourth-order valence-electron chi connectivity index (χ4n) is 3.88. The second-order valence-corrected chi connectivity index (χ2v) is 9.98. The van der Waals surface area contributed by atoms with E-state index in [1.807, 2.05) is 24.3 Å². The third-order valence-corrected chi connectivity index (χ3v) is 7.79. The number of anilines is 1. The molecular weight excluding hydrogens is 446 g/mol. The summed E-state index contributed by atoms with van der Waals surface area (Å²) in [5, 5.41) is 2.67. The molecule has 1 saturated heterocycles. The highest BCUT2D eigenvalue weighted by atomic mass is 32.2. The molecule has 9 nitrogen and oxygen atoms in total. The van der Waals surface area contributed by atoms with Gasteiger partial charge < -0.3 is 19.7 Å². The molecule has 0 bridgehead atoms. The summed E-state index contributed by atoms with van der Waals surface area (Å²) in [5.74, 6) is 0.892. The topological polar surface area (TPSA) is 105 Å². The van der Waals surface area contributed by atoms with Crippen LogP contribution in [0.3, 0.4) is 0 Å². The molecule has 0 spiro atoms. The van der Waals surface area contributed by atoms with E-state index >= 15 is 0 Å². The van der Waals surface area contributed by atoms with E-state index in [-0.39, 0.29) is 29.8 Å². The molecule has 0 aliphatic carbocycles. The van der Waals surface area contributed by atoms with Crippen molar-refractivity contribution >= 4 is 27.5 Å². The van der Waals surface area contributed by atoms with Crippen LogP contribution in [0.15, 0.2) is 47.4 Å². The van der Waals surface area contributed by atoms with E-state index in [4.69, 9.17) is 9.47 Å². The lowest BCUT2D eigenvalue weighted by atomic mass is 10.1. The van der Waals surface area contributed by atoms with Gasteiger partial charge in [0.15, 0.2) is 6.10 Å². The second-order valence-electron chi connectivity index (χ2n) is 8.04. The number of piperazine rings is 1. The summed E-state index contributed by atoms with van der Waals surface area (Å²) in [5.41, 5.74) is 1.38. The van der Waals surface area contributed by atoms with Gasteiger partial charge in [-0.05, 0) is 49.2 Å². The van der Waals surface area contributed by atoms with Gasteiger partial charge in [-0.25, -0.2) is 8.42 Å². The zero-order chi connectivity index (χ0) is 23.6.